The van der Waals surface area contributed by atoms with Crippen LogP contribution < -0.4 is 19.9 Å². The third kappa shape index (κ3) is 4.17. The summed E-state index contributed by atoms with van der Waals surface area (Å²) in [4.78, 5) is 21.8. The van der Waals surface area contributed by atoms with Crippen molar-refractivity contribution in [2.45, 2.75) is 6.54 Å². The van der Waals surface area contributed by atoms with Crippen LogP contribution in [0.25, 0.3) is 0 Å². The van der Waals surface area contributed by atoms with E-state index in [1.165, 1.54) is 37.4 Å². The van der Waals surface area contributed by atoms with Gasteiger partial charge in [-0.05, 0) is 29.8 Å². The molecule has 2 N–H and O–H groups in total. The number of rotatable bonds is 5. The first-order chi connectivity index (χ1) is 11.0. The van der Waals surface area contributed by atoms with Gasteiger partial charge in [0.15, 0.2) is 11.5 Å². The number of methoxy groups -OCH3 is 1. The Morgan fingerprint density at radius 1 is 1.13 bits per heavy atom. The van der Waals surface area contributed by atoms with Gasteiger partial charge in [0.1, 0.15) is 5.75 Å². The van der Waals surface area contributed by atoms with Gasteiger partial charge in [0.25, 0.3) is 5.69 Å². The predicted molar refractivity (Wildman–Crippen MR) is 80.6 cm³/mol. The maximum Gasteiger partial charge on any atom is 0.519 e. The number of ether oxygens (including phenoxy) is 3. The van der Waals surface area contributed by atoms with Crippen LogP contribution >= 0.6 is 0 Å². The van der Waals surface area contributed by atoms with Crippen LogP contribution in [0.5, 0.6) is 17.2 Å². The van der Waals surface area contributed by atoms with Gasteiger partial charge in [0.2, 0.25) is 0 Å². The Morgan fingerprint density at radius 2 is 1.83 bits per heavy atom. The Labute approximate surface area is 131 Å². The van der Waals surface area contributed by atoms with Crippen LogP contribution in [-0.4, -0.2) is 18.2 Å². The van der Waals surface area contributed by atoms with E-state index in [2.05, 4.69) is 0 Å². The van der Waals surface area contributed by atoms with Crippen molar-refractivity contribution < 1.29 is 23.9 Å². The van der Waals surface area contributed by atoms with Gasteiger partial charge in [-0.3, -0.25) is 10.1 Å². The summed E-state index contributed by atoms with van der Waals surface area (Å²) in [6, 6.07) is 9.92. The highest BCUT2D eigenvalue weighted by Gasteiger charge is 2.13. The first kappa shape index (κ1) is 16.2. The molecular formula is C15H14N2O6. The van der Waals surface area contributed by atoms with Crippen molar-refractivity contribution in [2.75, 3.05) is 7.11 Å². The number of non-ortho nitro benzene ring substituents is 1. The lowest BCUT2D eigenvalue weighted by atomic mass is 10.2. The molecule has 0 spiro atoms. The first-order valence-corrected chi connectivity index (χ1v) is 6.54. The number of hydrogen-bond acceptors (Lipinski definition) is 7. The zero-order valence-electron chi connectivity index (χ0n) is 12.2. The molecule has 0 fully saturated rings. The van der Waals surface area contributed by atoms with Gasteiger partial charge < -0.3 is 19.9 Å². The third-order valence-electron chi connectivity index (χ3n) is 2.91. The Bertz CT molecular complexity index is 714. The summed E-state index contributed by atoms with van der Waals surface area (Å²) in [7, 11) is 1.43. The fourth-order valence-corrected chi connectivity index (χ4v) is 1.77. The summed E-state index contributed by atoms with van der Waals surface area (Å²) in [6.45, 7) is 0.323. The molecule has 0 saturated carbocycles. The summed E-state index contributed by atoms with van der Waals surface area (Å²) < 4.78 is 15.1. The monoisotopic (exact) mass is 318 g/mol. The number of nitro benzene ring substituents is 1. The standard InChI is InChI=1S/C15H14N2O6/c1-21-14-8-10(9-16)2-7-13(14)23-15(18)22-12-5-3-11(4-6-12)17(19)20/h2-8H,9,16H2,1H3. The molecule has 0 aliphatic rings. The molecule has 2 aromatic carbocycles. The topological polar surface area (TPSA) is 114 Å². The molecule has 0 bridgehead atoms. The van der Waals surface area contributed by atoms with Gasteiger partial charge in [-0.15, -0.1) is 0 Å². The van der Waals surface area contributed by atoms with Gasteiger partial charge >= 0.3 is 6.16 Å². The molecule has 2 aromatic rings. The molecule has 0 amide bonds. The van der Waals surface area contributed by atoms with Crippen molar-refractivity contribution in [3.63, 3.8) is 0 Å². The molecule has 0 aliphatic heterocycles. The lowest BCUT2D eigenvalue weighted by molar-refractivity contribution is -0.384. The highest BCUT2D eigenvalue weighted by Crippen LogP contribution is 2.28. The van der Waals surface area contributed by atoms with Crippen LogP contribution in [0.15, 0.2) is 42.5 Å². The molecule has 0 heterocycles. The largest absolute Gasteiger partial charge is 0.519 e. The lowest BCUT2D eigenvalue weighted by Crippen LogP contribution is -2.14. The van der Waals surface area contributed by atoms with Crippen molar-refractivity contribution >= 4 is 11.8 Å². The summed E-state index contributed by atoms with van der Waals surface area (Å²) in [5.41, 5.74) is 6.24. The maximum absolute atomic E-state index is 11.8. The average molecular weight is 318 g/mol. The molecule has 0 unspecified atom stereocenters. The Morgan fingerprint density at radius 3 is 2.39 bits per heavy atom. The summed E-state index contributed by atoms with van der Waals surface area (Å²) >= 11 is 0. The smallest absolute Gasteiger partial charge is 0.493 e. The van der Waals surface area contributed by atoms with E-state index in [0.29, 0.717) is 12.3 Å². The summed E-state index contributed by atoms with van der Waals surface area (Å²) in [5.74, 6) is 0.642. The van der Waals surface area contributed by atoms with Crippen LogP contribution in [-0.2, 0) is 6.54 Å². The van der Waals surface area contributed by atoms with E-state index in [-0.39, 0.29) is 17.2 Å². The van der Waals surface area contributed by atoms with Crippen molar-refractivity contribution in [3.05, 3.63) is 58.1 Å². The highest BCUT2D eigenvalue weighted by atomic mass is 16.7. The maximum atomic E-state index is 11.8. The molecule has 0 radical (unpaired) electrons. The van der Waals surface area contributed by atoms with Crippen LogP contribution in [0.3, 0.4) is 0 Å². The van der Waals surface area contributed by atoms with Gasteiger partial charge in [-0.25, -0.2) is 4.79 Å². The minimum absolute atomic E-state index is 0.107. The molecule has 23 heavy (non-hydrogen) atoms. The van der Waals surface area contributed by atoms with E-state index in [4.69, 9.17) is 19.9 Å². The number of carbonyl (C=O) groups excluding carboxylic acids is 1. The zero-order valence-corrected chi connectivity index (χ0v) is 12.2. The van der Waals surface area contributed by atoms with Crippen molar-refractivity contribution in [2.24, 2.45) is 5.73 Å². The zero-order chi connectivity index (χ0) is 16.8. The fourth-order valence-electron chi connectivity index (χ4n) is 1.77. The van der Waals surface area contributed by atoms with Gasteiger partial charge in [0.05, 0.1) is 12.0 Å². The minimum Gasteiger partial charge on any atom is -0.493 e. The second kappa shape index (κ2) is 7.23. The summed E-state index contributed by atoms with van der Waals surface area (Å²) in [5, 5.41) is 10.5. The normalized spacial score (nSPS) is 10.0. The molecule has 0 saturated heterocycles. The number of benzene rings is 2. The highest BCUT2D eigenvalue weighted by molar-refractivity contribution is 5.68. The molecule has 8 heteroatoms. The average Bonchev–Trinajstić information content (AvgIpc) is 2.55. The van der Waals surface area contributed by atoms with Crippen LogP contribution in [0.4, 0.5) is 10.5 Å². The lowest BCUT2D eigenvalue weighted by Gasteiger charge is -2.10. The fraction of sp³-hybridized carbons (Fsp3) is 0.133. The number of nitro groups is 1. The van der Waals surface area contributed by atoms with E-state index < -0.39 is 11.1 Å². The minimum atomic E-state index is -0.988. The van der Waals surface area contributed by atoms with Crippen LogP contribution in [0.1, 0.15) is 5.56 Å². The molecule has 0 aliphatic carbocycles. The number of hydrogen-bond donors (Lipinski definition) is 1. The van der Waals surface area contributed by atoms with Gasteiger partial charge in [0, 0.05) is 18.7 Å². The Kier molecular flexibility index (Phi) is 5.11. The van der Waals surface area contributed by atoms with Crippen molar-refractivity contribution in [1.29, 1.82) is 0 Å². The quantitative estimate of drug-likeness (QED) is 0.390. The molecule has 120 valence electrons. The molecule has 0 aromatic heterocycles. The second-order valence-corrected chi connectivity index (χ2v) is 4.39. The number of carbonyl (C=O) groups is 1. The third-order valence-corrected chi connectivity index (χ3v) is 2.91. The SMILES string of the molecule is COc1cc(CN)ccc1OC(=O)Oc1ccc([N+](=O)[O-])cc1. The molecule has 0 atom stereocenters. The predicted octanol–water partition coefficient (Wildman–Crippen LogP) is 2.64. The number of nitrogens with two attached hydrogens (primary N) is 1. The van der Waals surface area contributed by atoms with E-state index in [0.717, 1.165) is 5.56 Å². The molecular weight excluding hydrogens is 304 g/mol. The van der Waals surface area contributed by atoms with Crippen LogP contribution in [0, 0.1) is 10.1 Å². The molecule has 8 nitrogen and oxygen atoms in total. The van der Waals surface area contributed by atoms with E-state index in [1.54, 1.807) is 12.1 Å². The van der Waals surface area contributed by atoms with Crippen LogP contribution in [0.2, 0.25) is 0 Å². The van der Waals surface area contributed by atoms with E-state index in [9.17, 15) is 14.9 Å². The van der Waals surface area contributed by atoms with E-state index >= 15 is 0 Å². The van der Waals surface area contributed by atoms with E-state index in [1.807, 2.05) is 0 Å². The summed E-state index contributed by atoms with van der Waals surface area (Å²) in [6.07, 6.45) is -0.988. The van der Waals surface area contributed by atoms with Gasteiger partial charge in [-0.2, -0.15) is 0 Å². The second-order valence-electron chi connectivity index (χ2n) is 4.39. The number of nitrogens with zero attached hydrogens (tertiary/aromatic N) is 1. The van der Waals surface area contributed by atoms with Gasteiger partial charge in [-0.1, -0.05) is 6.07 Å². The Balaban J connectivity index is 2.06. The first-order valence-electron chi connectivity index (χ1n) is 6.54. The van der Waals surface area contributed by atoms with Crippen molar-refractivity contribution in [1.82, 2.24) is 0 Å². The molecule has 2 rings (SSSR count). The van der Waals surface area contributed by atoms with Crippen molar-refractivity contribution in [3.8, 4) is 17.2 Å². The Hall–Kier alpha value is -3.13.